The van der Waals surface area contributed by atoms with E-state index in [1.54, 1.807) is 4.90 Å². The van der Waals surface area contributed by atoms with Gasteiger partial charge in [0.1, 0.15) is 11.4 Å². The summed E-state index contributed by atoms with van der Waals surface area (Å²) in [4.78, 5) is 18.8. The molecule has 4 rings (SSSR count). The number of ether oxygens (including phenoxy) is 1. The number of benzene rings is 3. The van der Waals surface area contributed by atoms with Gasteiger partial charge in [-0.2, -0.15) is 0 Å². The maximum atomic E-state index is 15.1. The number of hydrogen-bond acceptors (Lipinski definition) is 3. The SMILES string of the molecule is CC(C)(C)OC(=O)N1CCc2cc(N=C(c3ccccc3)c3ccccc3)cc(F)c2C1. The zero-order valence-corrected chi connectivity index (χ0v) is 18.6. The predicted molar refractivity (Wildman–Crippen MR) is 125 cm³/mol. The van der Waals surface area contributed by atoms with Gasteiger partial charge in [-0.3, -0.25) is 0 Å². The number of carbonyl (C=O) groups excluding carboxylic acids is 1. The fourth-order valence-electron chi connectivity index (χ4n) is 3.77. The minimum absolute atomic E-state index is 0.199. The Labute approximate surface area is 188 Å². The number of hydrogen-bond donors (Lipinski definition) is 0. The Balaban J connectivity index is 1.67. The fraction of sp³-hybridized carbons (Fsp3) is 0.259. The fourth-order valence-corrected chi connectivity index (χ4v) is 3.77. The lowest BCUT2D eigenvalue weighted by molar-refractivity contribution is 0.0222. The summed E-state index contributed by atoms with van der Waals surface area (Å²) >= 11 is 0. The molecule has 4 nitrogen and oxygen atoms in total. The summed E-state index contributed by atoms with van der Waals surface area (Å²) in [5, 5.41) is 0. The summed E-state index contributed by atoms with van der Waals surface area (Å²) < 4.78 is 20.6. The molecule has 1 amide bonds. The molecule has 3 aromatic carbocycles. The van der Waals surface area contributed by atoms with Crippen LogP contribution < -0.4 is 0 Å². The molecule has 0 aromatic heterocycles. The summed E-state index contributed by atoms with van der Waals surface area (Å²) in [5.41, 5.74) is 4.11. The molecule has 0 unspecified atom stereocenters. The van der Waals surface area contributed by atoms with Crippen LogP contribution in [0.5, 0.6) is 0 Å². The van der Waals surface area contributed by atoms with Crippen LogP contribution >= 0.6 is 0 Å². The minimum atomic E-state index is -0.584. The highest BCUT2D eigenvalue weighted by Gasteiger charge is 2.27. The molecule has 0 fully saturated rings. The Morgan fingerprint density at radius 2 is 1.56 bits per heavy atom. The van der Waals surface area contributed by atoms with Crippen LogP contribution in [0.3, 0.4) is 0 Å². The van der Waals surface area contributed by atoms with Crippen molar-refractivity contribution in [2.45, 2.75) is 39.3 Å². The van der Waals surface area contributed by atoms with Crippen LogP contribution in [-0.2, 0) is 17.7 Å². The third kappa shape index (κ3) is 5.05. The number of aliphatic imine (C=N–C) groups is 1. The Morgan fingerprint density at radius 1 is 0.969 bits per heavy atom. The minimum Gasteiger partial charge on any atom is -0.444 e. The molecule has 0 atom stereocenters. The second-order valence-corrected chi connectivity index (χ2v) is 8.91. The van der Waals surface area contributed by atoms with E-state index in [0.29, 0.717) is 24.2 Å². The highest BCUT2D eigenvalue weighted by atomic mass is 19.1. The number of fused-ring (bicyclic) bond motifs is 1. The van der Waals surface area contributed by atoms with E-state index in [9.17, 15) is 4.79 Å². The predicted octanol–water partition coefficient (Wildman–Crippen LogP) is 6.29. The zero-order valence-electron chi connectivity index (χ0n) is 18.6. The van der Waals surface area contributed by atoms with Crippen LogP contribution in [0.1, 0.15) is 43.0 Å². The molecule has 1 aliphatic rings. The topological polar surface area (TPSA) is 41.9 Å². The van der Waals surface area contributed by atoms with Crippen molar-refractivity contribution in [1.82, 2.24) is 4.90 Å². The largest absolute Gasteiger partial charge is 0.444 e. The van der Waals surface area contributed by atoms with Crippen molar-refractivity contribution in [3.8, 4) is 0 Å². The molecule has 32 heavy (non-hydrogen) atoms. The van der Waals surface area contributed by atoms with Gasteiger partial charge in [0, 0.05) is 23.2 Å². The van der Waals surface area contributed by atoms with Gasteiger partial charge in [-0.15, -0.1) is 0 Å². The van der Waals surface area contributed by atoms with Gasteiger partial charge in [0.15, 0.2) is 0 Å². The first kappa shape index (κ1) is 21.8. The van der Waals surface area contributed by atoms with Crippen LogP contribution in [0.25, 0.3) is 0 Å². The van der Waals surface area contributed by atoms with Crippen LogP contribution in [-0.4, -0.2) is 28.9 Å². The average molecular weight is 431 g/mol. The second kappa shape index (κ2) is 8.95. The maximum absolute atomic E-state index is 15.1. The first-order valence-corrected chi connectivity index (χ1v) is 10.8. The third-order valence-electron chi connectivity index (χ3n) is 5.26. The van der Waals surface area contributed by atoms with Crippen LogP contribution in [0.2, 0.25) is 0 Å². The van der Waals surface area contributed by atoms with Crippen molar-refractivity contribution < 1.29 is 13.9 Å². The van der Waals surface area contributed by atoms with Crippen LogP contribution in [0.4, 0.5) is 14.9 Å². The van der Waals surface area contributed by atoms with Gasteiger partial charge >= 0.3 is 6.09 Å². The lowest BCUT2D eigenvalue weighted by Gasteiger charge is -2.31. The molecule has 1 aliphatic heterocycles. The number of carbonyl (C=O) groups is 1. The van der Waals surface area contributed by atoms with E-state index in [1.165, 1.54) is 6.07 Å². The van der Waals surface area contributed by atoms with E-state index in [0.717, 1.165) is 22.4 Å². The summed E-state index contributed by atoms with van der Waals surface area (Å²) in [7, 11) is 0. The molecule has 164 valence electrons. The second-order valence-electron chi connectivity index (χ2n) is 8.91. The number of halogens is 1. The average Bonchev–Trinajstić information content (AvgIpc) is 2.77. The maximum Gasteiger partial charge on any atom is 0.410 e. The molecule has 0 N–H and O–H groups in total. The Morgan fingerprint density at radius 3 is 2.12 bits per heavy atom. The molecule has 0 saturated heterocycles. The Kier molecular flexibility index (Phi) is 6.08. The summed E-state index contributed by atoms with van der Waals surface area (Å²) in [6, 6.07) is 23.2. The number of nitrogens with zero attached hydrogens (tertiary/aromatic N) is 2. The van der Waals surface area contributed by atoms with Crippen LogP contribution in [0, 0.1) is 5.82 Å². The van der Waals surface area contributed by atoms with Crippen molar-refractivity contribution in [2.24, 2.45) is 4.99 Å². The molecule has 0 saturated carbocycles. The van der Waals surface area contributed by atoms with E-state index in [4.69, 9.17) is 9.73 Å². The first-order valence-electron chi connectivity index (χ1n) is 10.8. The number of rotatable bonds is 3. The molecule has 0 radical (unpaired) electrons. The normalized spacial score (nSPS) is 13.3. The monoisotopic (exact) mass is 430 g/mol. The van der Waals surface area contributed by atoms with E-state index < -0.39 is 11.7 Å². The smallest absolute Gasteiger partial charge is 0.410 e. The highest BCUT2D eigenvalue weighted by Crippen LogP contribution is 2.29. The Bertz CT molecular complexity index is 1090. The molecular formula is C27H27FN2O2. The van der Waals surface area contributed by atoms with Gasteiger partial charge < -0.3 is 9.64 Å². The van der Waals surface area contributed by atoms with Crippen molar-refractivity contribution in [3.63, 3.8) is 0 Å². The van der Waals surface area contributed by atoms with Gasteiger partial charge in [0.05, 0.1) is 17.9 Å². The molecule has 0 aliphatic carbocycles. The summed E-state index contributed by atoms with van der Waals surface area (Å²) in [6.45, 7) is 6.16. The van der Waals surface area contributed by atoms with Crippen molar-refractivity contribution in [2.75, 3.05) is 6.54 Å². The van der Waals surface area contributed by atoms with Gasteiger partial charge in [0.25, 0.3) is 0 Å². The summed E-state index contributed by atoms with van der Waals surface area (Å²) in [6.07, 6.45) is 0.140. The van der Waals surface area contributed by atoms with Crippen molar-refractivity contribution >= 4 is 17.5 Å². The molecule has 5 heteroatoms. The van der Waals surface area contributed by atoms with E-state index >= 15 is 4.39 Å². The molecule has 1 heterocycles. The summed E-state index contributed by atoms with van der Waals surface area (Å²) in [5.74, 6) is -0.352. The highest BCUT2D eigenvalue weighted by molar-refractivity contribution is 6.13. The number of amides is 1. The lowest BCUT2D eigenvalue weighted by atomic mass is 9.98. The van der Waals surface area contributed by atoms with E-state index in [2.05, 4.69) is 0 Å². The lowest BCUT2D eigenvalue weighted by Crippen LogP contribution is -2.40. The molecule has 0 bridgehead atoms. The van der Waals surface area contributed by atoms with Gasteiger partial charge in [-0.1, -0.05) is 60.7 Å². The van der Waals surface area contributed by atoms with E-state index in [-0.39, 0.29) is 12.4 Å². The van der Waals surface area contributed by atoms with Gasteiger partial charge in [-0.25, -0.2) is 14.2 Å². The first-order chi connectivity index (χ1) is 15.3. The standard InChI is InChI=1S/C27H27FN2O2/c1-27(2,3)32-26(31)30-15-14-21-16-22(17-24(28)23(21)18-30)29-25(19-10-6-4-7-11-19)20-12-8-5-9-13-20/h4-13,16-17H,14-15,18H2,1-3H3. The van der Waals surface area contributed by atoms with Gasteiger partial charge in [-0.05, 0) is 44.9 Å². The zero-order chi connectivity index (χ0) is 22.7. The molecule has 3 aromatic rings. The van der Waals surface area contributed by atoms with Crippen molar-refractivity contribution in [3.05, 3.63) is 101 Å². The molecular weight excluding hydrogens is 403 g/mol. The van der Waals surface area contributed by atoms with Crippen molar-refractivity contribution in [1.29, 1.82) is 0 Å². The Hall–Kier alpha value is -3.47. The quantitative estimate of drug-likeness (QED) is 0.458. The van der Waals surface area contributed by atoms with Gasteiger partial charge in [0.2, 0.25) is 0 Å². The third-order valence-corrected chi connectivity index (χ3v) is 5.26. The van der Waals surface area contributed by atoms with Crippen LogP contribution in [0.15, 0.2) is 77.8 Å². The molecule has 0 spiro atoms. The van der Waals surface area contributed by atoms with E-state index in [1.807, 2.05) is 87.5 Å².